The summed E-state index contributed by atoms with van der Waals surface area (Å²) in [5.41, 5.74) is 1.50. The first-order chi connectivity index (χ1) is 15.6. The van der Waals surface area contributed by atoms with Crippen molar-refractivity contribution in [2.75, 3.05) is 12.0 Å². The molecule has 7 nitrogen and oxygen atoms in total. The van der Waals surface area contributed by atoms with Crippen LogP contribution in [0.3, 0.4) is 0 Å². The highest BCUT2D eigenvalue weighted by Crippen LogP contribution is 2.25. The van der Waals surface area contributed by atoms with Gasteiger partial charge in [0.05, 0.1) is 7.11 Å². The van der Waals surface area contributed by atoms with Crippen LogP contribution in [0.15, 0.2) is 89.3 Å². The Morgan fingerprint density at radius 1 is 0.938 bits per heavy atom. The maximum atomic E-state index is 13.2. The second kappa shape index (κ2) is 9.93. The number of hydrogen-bond acceptors (Lipinski definition) is 6. The number of amides is 1. The first kappa shape index (κ1) is 21.3. The highest BCUT2D eigenvalue weighted by molar-refractivity contribution is 7.71. The number of aromatic nitrogens is 2. The predicted octanol–water partition coefficient (Wildman–Crippen LogP) is 5.16. The Kier molecular flexibility index (Phi) is 6.62. The van der Waals surface area contributed by atoms with Gasteiger partial charge in [-0.2, -0.15) is 0 Å². The average molecular weight is 448 g/mol. The molecule has 0 radical (unpaired) electrons. The third kappa shape index (κ3) is 5.04. The van der Waals surface area contributed by atoms with Gasteiger partial charge in [0.1, 0.15) is 18.0 Å². The van der Waals surface area contributed by atoms with Crippen molar-refractivity contribution in [1.29, 1.82) is 0 Å². The molecule has 32 heavy (non-hydrogen) atoms. The number of carbonyl (C=O) groups excluding carboxylic acids is 1. The van der Waals surface area contributed by atoms with E-state index >= 15 is 0 Å². The normalized spacial score (nSPS) is 10.5. The second-order valence-corrected chi connectivity index (χ2v) is 7.13. The molecule has 0 aliphatic heterocycles. The number of methoxy groups -OCH3 is 1. The van der Waals surface area contributed by atoms with Crippen molar-refractivity contribution in [2.45, 2.75) is 13.2 Å². The van der Waals surface area contributed by atoms with Crippen LogP contribution in [0.1, 0.15) is 5.89 Å². The van der Waals surface area contributed by atoms with Crippen molar-refractivity contribution in [3.05, 3.63) is 95.7 Å². The lowest BCUT2D eigenvalue weighted by molar-refractivity contribution is -0.118. The Bertz CT molecular complexity index is 1180. The van der Waals surface area contributed by atoms with Gasteiger partial charge in [0, 0.05) is 11.4 Å². The van der Waals surface area contributed by atoms with Crippen molar-refractivity contribution >= 4 is 29.5 Å². The van der Waals surface area contributed by atoms with Crippen molar-refractivity contribution in [2.24, 2.45) is 0 Å². The molecule has 1 amide bonds. The molecule has 0 atom stereocenters. The fourth-order valence-electron chi connectivity index (χ4n) is 3.11. The van der Waals surface area contributed by atoms with E-state index in [9.17, 15) is 4.79 Å². The molecule has 0 fully saturated rings. The molecule has 0 spiro atoms. The Balaban J connectivity index is 1.49. The smallest absolute Gasteiger partial charge is 0.287 e. The van der Waals surface area contributed by atoms with Crippen molar-refractivity contribution in [3.63, 3.8) is 0 Å². The van der Waals surface area contributed by atoms with E-state index in [1.54, 1.807) is 36.3 Å². The topological polar surface area (TPSA) is 69.7 Å². The predicted molar refractivity (Wildman–Crippen MR) is 123 cm³/mol. The summed E-state index contributed by atoms with van der Waals surface area (Å²) in [6.45, 7) is 0.00685. The number of nitrogens with zero attached hydrogens (tertiary/aromatic N) is 3. The lowest BCUT2D eigenvalue weighted by Gasteiger charge is -2.22. The zero-order valence-electron chi connectivity index (χ0n) is 17.4. The van der Waals surface area contributed by atoms with Crippen LogP contribution in [0.25, 0.3) is 0 Å². The molecule has 3 aromatic carbocycles. The quantitative estimate of drug-likeness (QED) is 0.348. The molecular weight excluding hydrogens is 426 g/mol. The standard InChI is InChI=1S/C24H21N3O4S/c1-29-20-12-14-21(15-13-20)30-17-22-25-26(24(32)31-22)16-23(28)27(18-8-4-2-5-9-18)19-10-6-3-7-11-19/h2-15H,16-17H2,1H3. The van der Waals surface area contributed by atoms with Crippen LogP contribution in [-0.4, -0.2) is 22.8 Å². The molecule has 0 aliphatic carbocycles. The van der Waals surface area contributed by atoms with E-state index in [2.05, 4.69) is 5.10 Å². The van der Waals surface area contributed by atoms with Crippen LogP contribution in [-0.2, 0) is 17.9 Å². The van der Waals surface area contributed by atoms with Gasteiger partial charge >= 0.3 is 0 Å². The molecule has 1 aromatic heterocycles. The van der Waals surface area contributed by atoms with E-state index < -0.39 is 0 Å². The molecule has 0 bridgehead atoms. The number of ether oxygens (including phenoxy) is 2. The minimum Gasteiger partial charge on any atom is -0.497 e. The van der Waals surface area contributed by atoms with E-state index in [4.69, 9.17) is 26.1 Å². The fraction of sp³-hybridized carbons (Fsp3) is 0.125. The van der Waals surface area contributed by atoms with Gasteiger partial charge in [-0.1, -0.05) is 36.4 Å². The first-order valence-corrected chi connectivity index (χ1v) is 10.3. The van der Waals surface area contributed by atoms with Gasteiger partial charge in [-0.05, 0) is 60.7 Å². The van der Waals surface area contributed by atoms with E-state index in [0.29, 0.717) is 5.75 Å². The second-order valence-electron chi connectivity index (χ2n) is 6.78. The summed E-state index contributed by atoms with van der Waals surface area (Å²) in [7, 11) is 1.60. The molecule has 0 saturated carbocycles. The van der Waals surface area contributed by atoms with E-state index in [1.165, 1.54) is 4.68 Å². The number of benzene rings is 3. The lowest BCUT2D eigenvalue weighted by Crippen LogP contribution is -2.30. The fourth-order valence-corrected chi connectivity index (χ4v) is 3.32. The van der Waals surface area contributed by atoms with Crippen LogP contribution >= 0.6 is 12.2 Å². The summed E-state index contributed by atoms with van der Waals surface area (Å²) < 4.78 is 17.7. The minimum atomic E-state index is -0.200. The summed E-state index contributed by atoms with van der Waals surface area (Å²) in [6.07, 6.45) is 0. The molecule has 0 unspecified atom stereocenters. The molecule has 0 N–H and O–H groups in total. The van der Waals surface area contributed by atoms with E-state index in [1.807, 2.05) is 60.7 Å². The summed E-state index contributed by atoms with van der Waals surface area (Å²) in [6, 6.07) is 26.0. The average Bonchev–Trinajstić information content (AvgIpc) is 3.18. The number of hydrogen-bond donors (Lipinski definition) is 0. The largest absolute Gasteiger partial charge is 0.497 e. The van der Waals surface area contributed by atoms with Gasteiger partial charge in [-0.15, -0.1) is 5.10 Å². The van der Waals surface area contributed by atoms with Crippen molar-refractivity contribution in [1.82, 2.24) is 9.78 Å². The van der Waals surface area contributed by atoms with Gasteiger partial charge in [-0.25, -0.2) is 4.68 Å². The Labute approximate surface area is 190 Å². The third-order valence-corrected chi connectivity index (χ3v) is 4.93. The monoisotopic (exact) mass is 447 g/mol. The molecule has 0 aliphatic rings. The van der Waals surface area contributed by atoms with Gasteiger partial charge in [-0.3, -0.25) is 9.69 Å². The molecule has 162 valence electrons. The zero-order chi connectivity index (χ0) is 22.3. The van der Waals surface area contributed by atoms with Crippen LogP contribution in [0.4, 0.5) is 11.4 Å². The summed E-state index contributed by atoms with van der Waals surface area (Å²) in [5, 5.41) is 4.32. The first-order valence-electron chi connectivity index (χ1n) is 9.91. The van der Waals surface area contributed by atoms with Crippen LogP contribution in [0, 0.1) is 4.84 Å². The molecule has 8 heteroatoms. The molecule has 1 heterocycles. The summed E-state index contributed by atoms with van der Waals surface area (Å²) in [5.74, 6) is 1.45. The van der Waals surface area contributed by atoms with Crippen LogP contribution in [0.5, 0.6) is 11.5 Å². The molecule has 4 rings (SSSR count). The molecular formula is C24H21N3O4S. The van der Waals surface area contributed by atoms with Gasteiger partial charge in [0.15, 0.2) is 6.61 Å². The SMILES string of the molecule is COc1ccc(OCc2nn(CC(=O)N(c3ccccc3)c3ccccc3)c(=S)o2)cc1. The van der Waals surface area contributed by atoms with Crippen LogP contribution in [0.2, 0.25) is 0 Å². The number of anilines is 2. The summed E-state index contributed by atoms with van der Waals surface area (Å²) >= 11 is 5.27. The number of para-hydroxylation sites is 2. The zero-order valence-corrected chi connectivity index (χ0v) is 18.2. The minimum absolute atomic E-state index is 0.0747. The van der Waals surface area contributed by atoms with Gasteiger partial charge < -0.3 is 13.9 Å². The Morgan fingerprint density at radius 3 is 2.06 bits per heavy atom. The number of carbonyl (C=O) groups is 1. The highest BCUT2D eigenvalue weighted by Gasteiger charge is 2.20. The maximum Gasteiger partial charge on any atom is 0.287 e. The Hall–Kier alpha value is -3.91. The summed E-state index contributed by atoms with van der Waals surface area (Å²) in [4.78, 5) is 15.0. The molecule has 0 saturated heterocycles. The third-order valence-electron chi connectivity index (χ3n) is 4.63. The van der Waals surface area contributed by atoms with Crippen LogP contribution < -0.4 is 14.4 Å². The van der Waals surface area contributed by atoms with Gasteiger partial charge in [0.25, 0.3) is 16.6 Å². The Morgan fingerprint density at radius 2 is 1.50 bits per heavy atom. The van der Waals surface area contributed by atoms with Crippen molar-refractivity contribution in [3.8, 4) is 11.5 Å². The maximum absolute atomic E-state index is 13.2. The molecule has 4 aromatic rings. The van der Waals surface area contributed by atoms with E-state index in [0.717, 1.165) is 17.1 Å². The lowest BCUT2D eigenvalue weighted by atomic mass is 10.2. The van der Waals surface area contributed by atoms with Gasteiger partial charge in [0.2, 0.25) is 0 Å². The van der Waals surface area contributed by atoms with E-state index in [-0.39, 0.29) is 29.8 Å². The number of rotatable bonds is 8. The highest BCUT2D eigenvalue weighted by atomic mass is 32.1. The van der Waals surface area contributed by atoms with Crippen molar-refractivity contribution < 1.29 is 18.7 Å².